The average molecular weight is 470 g/mol. The van der Waals surface area contributed by atoms with Gasteiger partial charge in [0.2, 0.25) is 0 Å². The van der Waals surface area contributed by atoms with Gasteiger partial charge in [-0.15, -0.1) is 11.3 Å². The van der Waals surface area contributed by atoms with E-state index >= 15 is 0 Å². The number of nitrogens with one attached hydrogen (secondary N) is 1. The molecule has 4 aromatic rings. The lowest BCUT2D eigenvalue weighted by molar-refractivity contribution is 0.0784. The monoisotopic (exact) mass is 469 g/mol. The Bertz CT molecular complexity index is 1380. The van der Waals surface area contributed by atoms with E-state index in [2.05, 4.69) is 9.71 Å². The lowest BCUT2D eigenvalue weighted by Gasteiger charge is -2.18. The van der Waals surface area contributed by atoms with Gasteiger partial charge in [-0.25, -0.2) is 17.8 Å². The lowest BCUT2D eigenvalue weighted by atomic mass is 10.1. The molecule has 0 saturated heterocycles. The second kappa shape index (κ2) is 8.68. The summed E-state index contributed by atoms with van der Waals surface area (Å²) in [6.45, 7) is 2.03. The largest absolute Gasteiger partial charge is 0.335 e. The minimum absolute atomic E-state index is 0.122. The SMILES string of the molecule is Cc1ccc(S(=O)(=O)Nc2ccccc2F)cc1C(=O)N(C)Cc1nc2ccccc2s1. The second-order valence-electron chi connectivity index (χ2n) is 7.30. The maximum absolute atomic E-state index is 13.9. The highest BCUT2D eigenvalue weighted by Crippen LogP contribution is 2.25. The van der Waals surface area contributed by atoms with Crippen molar-refractivity contribution < 1.29 is 17.6 Å². The van der Waals surface area contributed by atoms with Crippen LogP contribution in [0.15, 0.2) is 71.6 Å². The van der Waals surface area contributed by atoms with E-state index in [4.69, 9.17) is 0 Å². The molecule has 1 amide bonds. The van der Waals surface area contributed by atoms with Crippen molar-refractivity contribution in [3.63, 3.8) is 0 Å². The van der Waals surface area contributed by atoms with Crippen LogP contribution in [-0.4, -0.2) is 31.3 Å². The fraction of sp³-hybridized carbons (Fsp3) is 0.130. The highest BCUT2D eigenvalue weighted by Gasteiger charge is 2.22. The number of carbonyl (C=O) groups excluding carboxylic acids is 1. The number of fused-ring (bicyclic) bond motifs is 1. The Balaban J connectivity index is 1.58. The molecule has 0 fully saturated rings. The molecule has 1 aromatic heterocycles. The molecule has 4 rings (SSSR count). The van der Waals surface area contributed by atoms with Crippen molar-refractivity contribution in [1.82, 2.24) is 9.88 Å². The molecule has 0 radical (unpaired) electrons. The van der Waals surface area contributed by atoms with Crippen LogP contribution in [0.1, 0.15) is 20.9 Å². The second-order valence-corrected chi connectivity index (χ2v) is 10.1. The summed E-state index contributed by atoms with van der Waals surface area (Å²) >= 11 is 1.51. The molecule has 164 valence electrons. The average Bonchev–Trinajstić information content (AvgIpc) is 3.17. The number of anilines is 1. The van der Waals surface area contributed by atoms with Gasteiger partial charge in [-0.1, -0.05) is 30.3 Å². The van der Waals surface area contributed by atoms with E-state index in [1.165, 1.54) is 52.6 Å². The van der Waals surface area contributed by atoms with Crippen LogP contribution in [0.2, 0.25) is 0 Å². The van der Waals surface area contributed by atoms with Gasteiger partial charge in [-0.2, -0.15) is 0 Å². The highest BCUT2D eigenvalue weighted by molar-refractivity contribution is 7.92. The van der Waals surface area contributed by atoms with E-state index in [1.54, 1.807) is 20.0 Å². The number of benzene rings is 3. The molecule has 1 heterocycles. The maximum atomic E-state index is 13.9. The van der Waals surface area contributed by atoms with Crippen molar-refractivity contribution in [2.75, 3.05) is 11.8 Å². The summed E-state index contributed by atoms with van der Waals surface area (Å²) in [7, 11) is -2.44. The van der Waals surface area contributed by atoms with Crippen molar-refractivity contribution in [2.45, 2.75) is 18.4 Å². The minimum atomic E-state index is -4.08. The summed E-state index contributed by atoms with van der Waals surface area (Å²) in [5.41, 5.74) is 1.60. The van der Waals surface area contributed by atoms with Gasteiger partial charge in [-0.3, -0.25) is 9.52 Å². The number of aryl methyl sites for hydroxylation is 1. The van der Waals surface area contributed by atoms with Gasteiger partial charge < -0.3 is 4.90 Å². The summed E-state index contributed by atoms with van der Waals surface area (Å²) < 4.78 is 42.8. The van der Waals surface area contributed by atoms with Gasteiger partial charge in [0.15, 0.2) is 0 Å². The molecule has 0 aliphatic carbocycles. The predicted octanol–water partition coefficient (Wildman–Crippen LogP) is 4.82. The van der Waals surface area contributed by atoms with Crippen LogP contribution < -0.4 is 4.72 Å². The molecular formula is C23H20FN3O3S2. The molecule has 0 unspecified atom stereocenters. The molecule has 0 atom stereocenters. The summed E-state index contributed by atoms with van der Waals surface area (Å²) in [5, 5.41) is 0.782. The van der Waals surface area contributed by atoms with Crippen molar-refractivity contribution in [3.8, 4) is 0 Å². The molecule has 0 aliphatic rings. The third-order valence-electron chi connectivity index (χ3n) is 4.93. The zero-order valence-electron chi connectivity index (χ0n) is 17.4. The first-order chi connectivity index (χ1) is 15.2. The van der Waals surface area contributed by atoms with Crippen LogP contribution in [0.4, 0.5) is 10.1 Å². The minimum Gasteiger partial charge on any atom is -0.335 e. The quantitative estimate of drug-likeness (QED) is 0.439. The number of rotatable bonds is 6. The zero-order valence-corrected chi connectivity index (χ0v) is 19.0. The number of nitrogens with zero attached hydrogens (tertiary/aromatic N) is 2. The molecule has 0 bridgehead atoms. The molecule has 0 spiro atoms. The first-order valence-electron chi connectivity index (χ1n) is 9.72. The smallest absolute Gasteiger partial charge is 0.262 e. The van der Waals surface area contributed by atoms with Gasteiger partial charge in [0, 0.05) is 12.6 Å². The molecule has 1 N–H and O–H groups in total. The van der Waals surface area contributed by atoms with Crippen LogP contribution in [0, 0.1) is 12.7 Å². The number of para-hydroxylation sites is 2. The number of amides is 1. The van der Waals surface area contributed by atoms with Crippen LogP contribution in [0.3, 0.4) is 0 Å². The van der Waals surface area contributed by atoms with E-state index in [9.17, 15) is 17.6 Å². The fourth-order valence-electron chi connectivity index (χ4n) is 3.21. The molecule has 6 nitrogen and oxygen atoms in total. The molecular weight excluding hydrogens is 449 g/mol. The number of hydrogen-bond acceptors (Lipinski definition) is 5. The van der Waals surface area contributed by atoms with E-state index < -0.39 is 15.8 Å². The van der Waals surface area contributed by atoms with Crippen LogP contribution in [0.25, 0.3) is 10.2 Å². The van der Waals surface area contributed by atoms with Crippen molar-refractivity contribution in [1.29, 1.82) is 0 Å². The molecule has 0 aliphatic heterocycles. The zero-order chi connectivity index (χ0) is 22.9. The van der Waals surface area contributed by atoms with Gasteiger partial charge in [-0.05, 0) is 48.9 Å². The maximum Gasteiger partial charge on any atom is 0.262 e. The normalized spacial score (nSPS) is 11.5. The lowest BCUT2D eigenvalue weighted by Crippen LogP contribution is -2.27. The van der Waals surface area contributed by atoms with E-state index in [0.717, 1.165) is 15.2 Å². The number of sulfonamides is 1. The Morgan fingerprint density at radius 2 is 1.81 bits per heavy atom. The van der Waals surface area contributed by atoms with Crippen LogP contribution in [0.5, 0.6) is 0 Å². The van der Waals surface area contributed by atoms with E-state index in [1.807, 2.05) is 24.3 Å². The summed E-state index contributed by atoms with van der Waals surface area (Å²) in [5.74, 6) is -1.01. The number of halogens is 1. The van der Waals surface area contributed by atoms with E-state index in [0.29, 0.717) is 12.1 Å². The Hall–Kier alpha value is -3.30. The van der Waals surface area contributed by atoms with E-state index in [-0.39, 0.29) is 22.1 Å². The van der Waals surface area contributed by atoms with Gasteiger partial charge in [0.05, 0.1) is 27.3 Å². The van der Waals surface area contributed by atoms with Crippen molar-refractivity contribution >= 4 is 43.2 Å². The third kappa shape index (κ3) is 4.49. The summed E-state index contributed by atoms with van der Waals surface area (Å²) in [6, 6.07) is 17.5. The Kier molecular flexibility index (Phi) is 5.94. The number of carbonyl (C=O) groups is 1. The number of hydrogen-bond donors (Lipinski definition) is 1. The van der Waals surface area contributed by atoms with Crippen LogP contribution in [-0.2, 0) is 16.6 Å². The molecule has 32 heavy (non-hydrogen) atoms. The topological polar surface area (TPSA) is 79.4 Å². The van der Waals surface area contributed by atoms with Crippen molar-refractivity contribution in [3.05, 3.63) is 88.7 Å². The first kappa shape index (κ1) is 21.9. The Morgan fingerprint density at radius 3 is 2.56 bits per heavy atom. The van der Waals surface area contributed by atoms with Crippen molar-refractivity contribution in [2.24, 2.45) is 0 Å². The number of aromatic nitrogens is 1. The first-order valence-corrected chi connectivity index (χ1v) is 12.0. The summed E-state index contributed by atoms with van der Waals surface area (Å²) in [4.78, 5) is 19.0. The molecule has 9 heteroatoms. The van der Waals surface area contributed by atoms with Gasteiger partial charge in [0.1, 0.15) is 10.8 Å². The highest BCUT2D eigenvalue weighted by atomic mass is 32.2. The molecule has 3 aromatic carbocycles. The predicted molar refractivity (Wildman–Crippen MR) is 124 cm³/mol. The third-order valence-corrected chi connectivity index (χ3v) is 7.31. The van der Waals surface area contributed by atoms with Gasteiger partial charge >= 0.3 is 0 Å². The Labute approximate surface area is 189 Å². The summed E-state index contributed by atoms with van der Waals surface area (Å²) in [6.07, 6.45) is 0. The Morgan fingerprint density at radius 1 is 1.09 bits per heavy atom. The standard InChI is InChI=1S/C23H20FN3O3S2/c1-15-11-12-16(32(29,30)26-19-8-4-3-7-18(19)24)13-17(15)23(28)27(2)14-22-25-20-9-5-6-10-21(20)31-22/h3-13,26H,14H2,1-2H3. The number of thiazole rings is 1. The van der Waals surface area contributed by atoms with Crippen LogP contribution >= 0.6 is 11.3 Å². The molecule has 0 saturated carbocycles. The van der Waals surface area contributed by atoms with Gasteiger partial charge in [0.25, 0.3) is 15.9 Å². The fourth-order valence-corrected chi connectivity index (χ4v) is 5.33.